The van der Waals surface area contributed by atoms with Crippen LogP contribution in [0.1, 0.15) is 41.5 Å². The smallest absolute Gasteiger partial charge is 0.0536 e. The zero-order chi connectivity index (χ0) is 10.5. The van der Waals surface area contributed by atoms with Crippen molar-refractivity contribution in [2.24, 2.45) is 5.10 Å². The second kappa shape index (κ2) is 5.22. The molecule has 0 aromatic carbocycles. The number of nitrogens with one attached hydrogen (secondary N) is 2. The van der Waals surface area contributed by atoms with E-state index in [-0.39, 0.29) is 5.54 Å². The molecule has 0 aromatic heterocycles. The Kier molecular flexibility index (Phi) is 4.99. The Balaban J connectivity index is 3.64. The van der Waals surface area contributed by atoms with E-state index < -0.39 is 0 Å². The fourth-order valence-electron chi connectivity index (χ4n) is 0.744. The Morgan fingerprint density at radius 3 is 2.23 bits per heavy atom. The van der Waals surface area contributed by atoms with Crippen molar-refractivity contribution in [1.29, 1.82) is 0 Å². The first kappa shape index (κ1) is 12.4. The van der Waals surface area contributed by atoms with Crippen molar-refractivity contribution in [3.8, 4) is 0 Å². The largest absolute Gasteiger partial charge is 0.310 e. The molecule has 0 spiro atoms. The molecule has 0 amide bonds. The van der Waals surface area contributed by atoms with E-state index in [0.29, 0.717) is 6.04 Å². The van der Waals surface area contributed by atoms with Gasteiger partial charge in [0.15, 0.2) is 0 Å². The quantitative estimate of drug-likeness (QED) is 0.517. The van der Waals surface area contributed by atoms with Crippen LogP contribution in [0.2, 0.25) is 0 Å². The van der Waals surface area contributed by atoms with E-state index in [9.17, 15) is 0 Å². The molecule has 0 heterocycles. The summed E-state index contributed by atoms with van der Waals surface area (Å²) in [6.45, 7) is 13.5. The van der Waals surface area contributed by atoms with Crippen LogP contribution in [0.25, 0.3) is 0 Å². The van der Waals surface area contributed by atoms with Crippen molar-refractivity contribution in [3.05, 3.63) is 0 Å². The molecule has 0 aromatic rings. The normalized spacial score (nSPS) is 13.7. The lowest BCUT2D eigenvalue weighted by molar-refractivity contribution is 0.391. The molecule has 0 rings (SSSR count). The van der Waals surface area contributed by atoms with E-state index in [1.165, 1.54) is 0 Å². The van der Waals surface area contributed by atoms with Crippen molar-refractivity contribution < 1.29 is 0 Å². The van der Waals surface area contributed by atoms with Gasteiger partial charge in [0.2, 0.25) is 0 Å². The molecule has 13 heavy (non-hydrogen) atoms. The molecule has 0 aliphatic rings. The lowest BCUT2D eigenvalue weighted by Crippen LogP contribution is -2.43. The van der Waals surface area contributed by atoms with Gasteiger partial charge in [-0.2, -0.15) is 5.10 Å². The Bertz CT molecular complexity index is 163. The molecule has 0 aliphatic carbocycles. The fraction of sp³-hybridized carbons (Fsp3) is 0.900. The molecule has 3 nitrogen and oxygen atoms in total. The van der Waals surface area contributed by atoms with Crippen molar-refractivity contribution in [3.63, 3.8) is 0 Å². The van der Waals surface area contributed by atoms with Gasteiger partial charge in [0.05, 0.1) is 6.04 Å². The van der Waals surface area contributed by atoms with Gasteiger partial charge in [0, 0.05) is 17.8 Å². The maximum absolute atomic E-state index is 4.15. The lowest BCUT2D eigenvalue weighted by Gasteiger charge is -2.23. The topological polar surface area (TPSA) is 36.4 Å². The molecular weight excluding hydrogens is 162 g/mol. The fourth-order valence-corrected chi connectivity index (χ4v) is 0.744. The standard InChI is InChI=1S/C10H23N3/c1-8(2)12-13-9(3)7-11-10(4,5)6/h9,11,13H,7H2,1-6H3. The summed E-state index contributed by atoms with van der Waals surface area (Å²) in [7, 11) is 0. The number of nitrogens with zero attached hydrogens (tertiary/aromatic N) is 1. The first-order valence-corrected chi connectivity index (χ1v) is 4.83. The summed E-state index contributed by atoms with van der Waals surface area (Å²) in [4.78, 5) is 0. The Morgan fingerprint density at radius 1 is 1.31 bits per heavy atom. The molecule has 3 heteroatoms. The molecule has 78 valence electrons. The third kappa shape index (κ3) is 9.34. The van der Waals surface area contributed by atoms with Crippen LogP contribution in [0.5, 0.6) is 0 Å². The average molecular weight is 185 g/mol. The third-order valence-electron chi connectivity index (χ3n) is 1.45. The van der Waals surface area contributed by atoms with Crippen LogP contribution in [-0.4, -0.2) is 23.8 Å². The van der Waals surface area contributed by atoms with Gasteiger partial charge in [-0.05, 0) is 41.5 Å². The van der Waals surface area contributed by atoms with Gasteiger partial charge in [0.25, 0.3) is 0 Å². The highest BCUT2D eigenvalue weighted by Gasteiger charge is 2.09. The summed E-state index contributed by atoms with van der Waals surface area (Å²) in [6.07, 6.45) is 0. The van der Waals surface area contributed by atoms with E-state index in [2.05, 4.69) is 43.5 Å². The molecule has 0 fully saturated rings. The Hall–Kier alpha value is -0.570. The Morgan fingerprint density at radius 2 is 1.85 bits per heavy atom. The van der Waals surface area contributed by atoms with E-state index in [1.54, 1.807) is 0 Å². The van der Waals surface area contributed by atoms with Gasteiger partial charge < -0.3 is 10.7 Å². The van der Waals surface area contributed by atoms with Crippen molar-refractivity contribution in [2.45, 2.75) is 53.1 Å². The highest BCUT2D eigenvalue weighted by Crippen LogP contribution is 1.97. The average Bonchev–Trinajstić information content (AvgIpc) is 1.95. The maximum atomic E-state index is 4.15. The van der Waals surface area contributed by atoms with Crippen LogP contribution < -0.4 is 10.7 Å². The molecule has 2 N–H and O–H groups in total. The summed E-state index contributed by atoms with van der Waals surface area (Å²) < 4.78 is 0. The first-order chi connectivity index (χ1) is 5.81. The molecular formula is C10H23N3. The number of hydrazone groups is 1. The van der Waals surface area contributed by atoms with Crippen LogP contribution in [0.3, 0.4) is 0 Å². The maximum Gasteiger partial charge on any atom is 0.0536 e. The molecule has 0 aliphatic heterocycles. The van der Waals surface area contributed by atoms with E-state index in [0.717, 1.165) is 12.3 Å². The van der Waals surface area contributed by atoms with Crippen LogP contribution in [0.4, 0.5) is 0 Å². The predicted molar refractivity (Wildman–Crippen MR) is 59.1 cm³/mol. The molecule has 0 saturated carbocycles. The Labute approximate surface area is 82.0 Å². The summed E-state index contributed by atoms with van der Waals surface area (Å²) in [5, 5.41) is 7.57. The van der Waals surface area contributed by atoms with E-state index >= 15 is 0 Å². The van der Waals surface area contributed by atoms with Gasteiger partial charge in [-0.25, -0.2) is 0 Å². The lowest BCUT2D eigenvalue weighted by atomic mass is 10.1. The highest BCUT2D eigenvalue weighted by atomic mass is 15.3. The SMILES string of the molecule is CC(C)=NNC(C)CNC(C)(C)C. The van der Waals surface area contributed by atoms with Crippen LogP contribution >= 0.6 is 0 Å². The van der Waals surface area contributed by atoms with Crippen LogP contribution in [0.15, 0.2) is 5.10 Å². The van der Waals surface area contributed by atoms with Gasteiger partial charge in [-0.3, -0.25) is 0 Å². The zero-order valence-electron chi connectivity index (χ0n) is 9.73. The summed E-state index contributed by atoms with van der Waals surface area (Å²) in [6, 6.07) is 0.370. The van der Waals surface area contributed by atoms with Gasteiger partial charge in [-0.1, -0.05) is 0 Å². The summed E-state index contributed by atoms with van der Waals surface area (Å²) in [5.41, 5.74) is 4.32. The summed E-state index contributed by atoms with van der Waals surface area (Å²) in [5.74, 6) is 0. The van der Waals surface area contributed by atoms with Crippen LogP contribution in [0, 0.1) is 0 Å². The van der Waals surface area contributed by atoms with Crippen molar-refractivity contribution in [2.75, 3.05) is 6.54 Å². The molecule has 0 bridgehead atoms. The van der Waals surface area contributed by atoms with Gasteiger partial charge >= 0.3 is 0 Å². The highest BCUT2D eigenvalue weighted by molar-refractivity contribution is 5.78. The number of hydrogen-bond acceptors (Lipinski definition) is 3. The van der Waals surface area contributed by atoms with Gasteiger partial charge in [0.1, 0.15) is 0 Å². The number of hydrogen-bond donors (Lipinski definition) is 2. The van der Waals surface area contributed by atoms with Gasteiger partial charge in [-0.15, -0.1) is 0 Å². The minimum absolute atomic E-state index is 0.181. The molecule has 0 radical (unpaired) electrons. The van der Waals surface area contributed by atoms with Crippen molar-refractivity contribution >= 4 is 5.71 Å². The minimum atomic E-state index is 0.181. The monoisotopic (exact) mass is 185 g/mol. The first-order valence-electron chi connectivity index (χ1n) is 4.83. The van der Waals surface area contributed by atoms with Crippen molar-refractivity contribution in [1.82, 2.24) is 10.7 Å². The molecule has 1 unspecified atom stereocenters. The molecule has 1 atom stereocenters. The number of rotatable bonds is 4. The van der Waals surface area contributed by atoms with Crippen LogP contribution in [-0.2, 0) is 0 Å². The second-order valence-corrected chi connectivity index (χ2v) is 4.72. The van der Waals surface area contributed by atoms with E-state index in [4.69, 9.17) is 0 Å². The third-order valence-corrected chi connectivity index (χ3v) is 1.45. The minimum Gasteiger partial charge on any atom is -0.310 e. The second-order valence-electron chi connectivity index (χ2n) is 4.72. The zero-order valence-corrected chi connectivity index (χ0v) is 9.73. The summed E-state index contributed by atoms with van der Waals surface area (Å²) >= 11 is 0. The van der Waals surface area contributed by atoms with E-state index in [1.807, 2.05) is 13.8 Å². The molecule has 0 saturated heterocycles. The predicted octanol–water partition coefficient (Wildman–Crippen LogP) is 1.75.